The Morgan fingerprint density at radius 1 is 1.10 bits per heavy atom. The molecule has 6 nitrogen and oxygen atoms in total. The number of esters is 1. The van der Waals surface area contributed by atoms with Crippen molar-refractivity contribution >= 4 is 16.0 Å². The largest absolute Gasteiger partial charge is 0.494 e. The van der Waals surface area contributed by atoms with E-state index >= 15 is 0 Å². The first-order chi connectivity index (χ1) is 9.92. The number of nitrogens with two attached hydrogens (primary N) is 1. The number of carbonyl (C=O) groups is 1. The fraction of sp³-hybridized carbons (Fsp3) is 0.500. The molecule has 1 aromatic carbocycles. The molecule has 1 rings (SSSR count). The van der Waals surface area contributed by atoms with E-state index in [1.165, 1.54) is 7.11 Å². The highest BCUT2D eigenvalue weighted by atomic mass is 32.2. The molecule has 0 aliphatic carbocycles. The summed E-state index contributed by atoms with van der Waals surface area (Å²) in [7, 11) is -2.01. The molecule has 21 heavy (non-hydrogen) atoms. The lowest BCUT2D eigenvalue weighted by Crippen LogP contribution is -2.16. The van der Waals surface area contributed by atoms with E-state index < -0.39 is 10.0 Å². The van der Waals surface area contributed by atoms with E-state index in [0.717, 1.165) is 19.3 Å². The monoisotopic (exact) mass is 315 g/mol. The fourth-order valence-electron chi connectivity index (χ4n) is 1.75. The van der Waals surface area contributed by atoms with Gasteiger partial charge in [-0.3, -0.25) is 0 Å². The smallest absolute Gasteiger partial charge is 0.337 e. The summed E-state index contributed by atoms with van der Waals surface area (Å²) in [6, 6.07) is 6.72. The molecule has 0 atom stereocenters. The minimum atomic E-state index is -3.34. The van der Waals surface area contributed by atoms with Crippen molar-refractivity contribution in [2.24, 2.45) is 5.14 Å². The van der Waals surface area contributed by atoms with Crippen LogP contribution in [0.25, 0.3) is 0 Å². The third kappa shape index (κ3) is 7.67. The van der Waals surface area contributed by atoms with Crippen LogP contribution < -0.4 is 9.88 Å². The van der Waals surface area contributed by atoms with Gasteiger partial charge in [0.15, 0.2) is 0 Å². The van der Waals surface area contributed by atoms with Crippen LogP contribution in [0.5, 0.6) is 5.75 Å². The van der Waals surface area contributed by atoms with Gasteiger partial charge in [0.05, 0.1) is 25.0 Å². The normalized spacial score (nSPS) is 11.1. The van der Waals surface area contributed by atoms with Crippen molar-refractivity contribution in [3.05, 3.63) is 29.8 Å². The maximum atomic E-state index is 11.2. The Labute approximate surface area is 125 Å². The molecule has 0 amide bonds. The Morgan fingerprint density at radius 3 is 2.29 bits per heavy atom. The first kappa shape index (κ1) is 17.5. The van der Waals surface area contributed by atoms with E-state index in [4.69, 9.17) is 9.88 Å². The van der Waals surface area contributed by atoms with Gasteiger partial charge in [-0.1, -0.05) is 12.8 Å². The predicted molar refractivity (Wildman–Crippen MR) is 79.7 cm³/mol. The summed E-state index contributed by atoms with van der Waals surface area (Å²) < 4.78 is 31.6. The first-order valence-corrected chi connectivity index (χ1v) is 8.45. The zero-order valence-corrected chi connectivity index (χ0v) is 12.9. The molecule has 0 unspecified atom stereocenters. The van der Waals surface area contributed by atoms with Crippen molar-refractivity contribution in [2.45, 2.75) is 25.7 Å². The fourth-order valence-corrected chi connectivity index (χ4v) is 2.36. The van der Waals surface area contributed by atoms with Gasteiger partial charge >= 0.3 is 5.97 Å². The Morgan fingerprint density at radius 2 is 1.71 bits per heavy atom. The van der Waals surface area contributed by atoms with Gasteiger partial charge in [0, 0.05) is 0 Å². The van der Waals surface area contributed by atoms with Crippen LogP contribution in [0.3, 0.4) is 0 Å². The lowest BCUT2D eigenvalue weighted by atomic mass is 10.2. The highest BCUT2D eigenvalue weighted by Crippen LogP contribution is 2.13. The number of unbranched alkanes of at least 4 members (excludes halogenated alkanes) is 3. The summed E-state index contributed by atoms with van der Waals surface area (Å²) in [5.74, 6) is 0.339. The highest BCUT2D eigenvalue weighted by Gasteiger charge is 2.04. The lowest BCUT2D eigenvalue weighted by Gasteiger charge is -2.06. The number of ether oxygens (including phenoxy) is 2. The number of carbonyl (C=O) groups excluding carboxylic acids is 1. The van der Waals surface area contributed by atoms with E-state index in [9.17, 15) is 13.2 Å². The topological polar surface area (TPSA) is 95.7 Å². The minimum absolute atomic E-state index is 0.0306. The van der Waals surface area contributed by atoms with Crippen molar-refractivity contribution in [1.29, 1.82) is 0 Å². The number of rotatable bonds is 9. The zero-order chi connectivity index (χ0) is 15.7. The standard InChI is InChI=1S/C14H21NO5S/c1-19-14(16)12-6-8-13(9-7-12)20-10-4-2-3-5-11-21(15,17)18/h6-9H,2-5,10-11H2,1H3,(H2,15,17,18). The molecule has 0 saturated heterocycles. The maximum Gasteiger partial charge on any atom is 0.337 e. The number of hydrogen-bond donors (Lipinski definition) is 1. The van der Waals surface area contributed by atoms with Gasteiger partial charge in [0.2, 0.25) is 10.0 Å². The number of sulfonamides is 1. The van der Waals surface area contributed by atoms with Crippen molar-refractivity contribution in [3.8, 4) is 5.75 Å². The average Bonchev–Trinajstić information content (AvgIpc) is 2.45. The van der Waals surface area contributed by atoms with Crippen LogP contribution in [0.4, 0.5) is 0 Å². The molecule has 0 radical (unpaired) electrons. The second kappa shape index (κ2) is 8.63. The average molecular weight is 315 g/mol. The van der Waals surface area contributed by atoms with E-state index in [-0.39, 0.29) is 11.7 Å². The van der Waals surface area contributed by atoms with Crippen molar-refractivity contribution < 1.29 is 22.7 Å². The molecule has 0 aliphatic heterocycles. The number of benzene rings is 1. The first-order valence-electron chi connectivity index (χ1n) is 6.74. The van der Waals surface area contributed by atoms with Crippen molar-refractivity contribution in [1.82, 2.24) is 0 Å². The molecule has 0 bridgehead atoms. The molecule has 0 aromatic heterocycles. The molecule has 0 saturated carbocycles. The second-order valence-electron chi connectivity index (χ2n) is 4.65. The van der Waals surface area contributed by atoms with E-state index in [1.807, 2.05) is 0 Å². The van der Waals surface area contributed by atoms with E-state index in [1.54, 1.807) is 24.3 Å². The second-order valence-corrected chi connectivity index (χ2v) is 6.38. The summed E-state index contributed by atoms with van der Waals surface area (Å²) in [4.78, 5) is 11.2. The number of primary sulfonamides is 1. The zero-order valence-electron chi connectivity index (χ0n) is 12.1. The Balaban J connectivity index is 2.17. The SMILES string of the molecule is COC(=O)c1ccc(OCCCCCCS(N)(=O)=O)cc1. The Bertz CT molecular complexity index is 539. The minimum Gasteiger partial charge on any atom is -0.494 e. The summed E-state index contributed by atoms with van der Waals surface area (Å²) in [6.07, 6.45) is 3.10. The Kier molecular flexibility index (Phi) is 7.18. The molecule has 0 aliphatic rings. The summed E-state index contributed by atoms with van der Waals surface area (Å²) in [6.45, 7) is 0.549. The molecule has 0 heterocycles. The van der Waals surface area contributed by atoms with Crippen LogP contribution in [-0.4, -0.2) is 33.9 Å². The summed E-state index contributed by atoms with van der Waals surface area (Å²) >= 11 is 0. The van der Waals surface area contributed by atoms with Crippen LogP contribution in [0.15, 0.2) is 24.3 Å². The van der Waals surface area contributed by atoms with Gasteiger partial charge in [0.25, 0.3) is 0 Å². The van der Waals surface area contributed by atoms with Gasteiger partial charge < -0.3 is 9.47 Å². The predicted octanol–water partition coefficient (Wildman–Crippen LogP) is 1.70. The van der Waals surface area contributed by atoms with Gasteiger partial charge in [-0.15, -0.1) is 0 Å². The van der Waals surface area contributed by atoms with E-state index in [0.29, 0.717) is 24.3 Å². The van der Waals surface area contributed by atoms with Gasteiger partial charge in [-0.25, -0.2) is 18.4 Å². The summed E-state index contributed by atoms with van der Waals surface area (Å²) in [5.41, 5.74) is 0.479. The number of hydrogen-bond acceptors (Lipinski definition) is 5. The van der Waals surface area contributed by atoms with Crippen LogP contribution in [0.2, 0.25) is 0 Å². The maximum absolute atomic E-state index is 11.2. The van der Waals surface area contributed by atoms with E-state index in [2.05, 4.69) is 4.74 Å². The van der Waals surface area contributed by atoms with Gasteiger partial charge in [-0.05, 0) is 37.1 Å². The molecular weight excluding hydrogens is 294 g/mol. The molecule has 2 N–H and O–H groups in total. The highest BCUT2D eigenvalue weighted by molar-refractivity contribution is 7.89. The Hall–Kier alpha value is -1.60. The third-order valence-corrected chi connectivity index (χ3v) is 3.73. The lowest BCUT2D eigenvalue weighted by molar-refractivity contribution is 0.0600. The van der Waals surface area contributed by atoms with Gasteiger partial charge in [0.1, 0.15) is 5.75 Å². The molecule has 118 valence electrons. The van der Waals surface area contributed by atoms with Gasteiger partial charge in [-0.2, -0.15) is 0 Å². The molecule has 0 fully saturated rings. The van der Waals surface area contributed by atoms with Crippen molar-refractivity contribution in [3.63, 3.8) is 0 Å². The molecule has 7 heteroatoms. The van der Waals surface area contributed by atoms with Crippen molar-refractivity contribution in [2.75, 3.05) is 19.5 Å². The van der Waals surface area contributed by atoms with Crippen LogP contribution in [0, 0.1) is 0 Å². The molecular formula is C14H21NO5S. The summed E-state index contributed by atoms with van der Waals surface area (Å²) in [5, 5.41) is 4.91. The third-order valence-electron chi connectivity index (χ3n) is 2.87. The number of methoxy groups -OCH3 is 1. The van der Waals surface area contributed by atoms with Crippen LogP contribution >= 0.6 is 0 Å². The molecule has 0 spiro atoms. The molecule has 1 aromatic rings. The van der Waals surface area contributed by atoms with Crippen LogP contribution in [0.1, 0.15) is 36.0 Å². The quantitative estimate of drug-likeness (QED) is 0.553. The van der Waals surface area contributed by atoms with Crippen LogP contribution in [-0.2, 0) is 14.8 Å².